The van der Waals surface area contributed by atoms with Crippen molar-refractivity contribution in [2.24, 2.45) is 22.7 Å². The molecule has 0 aliphatic heterocycles. The third-order valence-electron chi connectivity index (χ3n) is 8.20. The van der Waals surface area contributed by atoms with Crippen LogP contribution in [0.1, 0.15) is 71.1 Å². The van der Waals surface area contributed by atoms with Crippen molar-refractivity contribution in [3.63, 3.8) is 0 Å². The number of hydrogen-bond donors (Lipinski definition) is 0. The molecule has 0 saturated heterocycles. The fourth-order valence-corrected chi connectivity index (χ4v) is 7.79. The lowest BCUT2D eigenvalue weighted by Gasteiger charge is -2.53. The first-order chi connectivity index (χ1) is 12.5. The van der Waals surface area contributed by atoms with Crippen molar-refractivity contribution in [3.05, 3.63) is 23.3 Å². The van der Waals surface area contributed by atoms with E-state index in [1.165, 1.54) is 30.6 Å². The molecule has 3 heteroatoms. The molecule has 0 aromatic carbocycles. The second-order valence-corrected chi connectivity index (χ2v) is 10.9. The molecule has 3 fully saturated rings. The van der Waals surface area contributed by atoms with Crippen molar-refractivity contribution < 1.29 is 9.59 Å². The number of hydrogen-bond acceptors (Lipinski definition) is 3. The third kappa shape index (κ3) is 2.52. The number of carbonyl (C=O) groups is 2. The van der Waals surface area contributed by atoms with Gasteiger partial charge in [-0.15, -0.1) is 0 Å². The Morgan fingerprint density at radius 2 is 1.96 bits per heavy atom. The van der Waals surface area contributed by atoms with E-state index in [1.807, 2.05) is 6.08 Å². The molecule has 0 heterocycles. The zero-order valence-corrected chi connectivity index (χ0v) is 16.7. The lowest BCUT2D eigenvalue weighted by Crippen LogP contribution is -2.46. The Bertz CT molecular complexity index is 716. The monoisotopic (exact) mass is 370 g/mol. The molecule has 0 amide bonds. The van der Waals surface area contributed by atoms with Crippen molar-refractivity contribution in [2.75, 3.05) is 5.75 Å². The van der Waals surface area contributed by atoms with E-state index >= 15 is 0 Å². The van der Waals surface area contributed by atoms with Gasteiger partial charge in [0.15, 0.2) is 5.78 Å². The van der Waals surface area contributed by atoms with Gasteiger partial charge in [-0.1, -0.05) is 24.1 Å². The molecule has 0 N–H and O–H groups in total. The third-order valence-corrected chi connectivity index (χ3v) is 9.58. The average molecular weight is 371 g/mol. The zero-order valence-electron chi connectivity index (χ0n) is 15.9. The molecule has 140 valence electrons. The Balaban J connectivity index is 1.50. The highest BCUT2D eigenvalue weighted by Gasteiger charge is 2.56. The SMILES string of the molecule is C[C@]12CC=C3C(CCC4=CC(=O)CC[C@@]43CCSC3CC3)C1CCC2=O. The summed E-state index contributed by atoms with van der Waals surface area (Å²) < 4.78 is 0. The molecule has 5 aliphatic carbocycles. The molecule has 5 aliphatic rings. The maximum atomic E-state index is 12.6. The topological polar surface area (TPSA) is 34.1 Å². The molecule has 5 rings (SSSR count). The minimum atomic E-state index is -0.107. The first kappa shape index (κ1) is 17.3. The Hall–Kier alpha value is -0.830. The van der Waals surface area contributed by atoms with Crippen LogP contribution in [0, 0.1) is 22.7 Å². The van der Waals surface area contributed by atoms with E-state index in [4.69, 9.17) is 0 Å². The number of allylic oxidation sites excluding steroid dienone is 4. The van der Waals surface area contributed by atoms with Gasteiger partial charge in [-0.05, 0) is 75.0 Å². The molecule has 3 saturated carbocycles. The predicted molar refractivity (Wildman–Crippen MR) is 106 cm³/mol. The largest absolute Gasteiger partial charge is 0.299 e. The summed E-state index contributed by atoms with van der Waals surface area (Å²) in [6, 6.07) is 0. The lowest BCUT2D eigenvalue weighted by molar-refractivity contribution is -0.127. The minimum absolute atomic E-state index is 0.107. The standard InChI is InChI=1S/C23H30O2S/c1-22-10-9-20-18(19(22)6-7-21(22)25)5-2-15-14-16(24)8-11-23(15,20)12-13-26-17-3-4-17/h9,14,17-19H,2-8,10-13H2,1H3/t18?,19?,22-,23+/m0/s1. The van der Waals surface area contributed by atoms with Crippen LogP contribution >= 0.6 is 11.8 Å². The van der Waals surface area contributed by atoms with Crippen LogP contribution in [0.5, 0.6) is 0 Å². The van der Waals surface area contributed by atoms with Crippen LogP contribution in [-0.2, 0) is 9.59 Å². The van der Waals surface area contributed by atoms with E-state index in [1.54, 1.807) is 5.57 Å². The van der Waals surface area contributed by atoms with Crippen molar-refractivity contribution in [1.29, 1.82) is 0 Å². The summed E-state index contributed by atoms with van der Waals surface area (Å²) in [5.41, 5.74) is 3.10. The Labute approximate surface area is 161 Å². The van der Waals surface area contributed by atoms with Crippen LogP contribution in [0.15, 0.2) is 23.3 Å². The summed E-state index contributed by atoms with van der Waals surface area (Å²) in [6.07, 6.45) is 15.2. The average Bonchev–Trinajstić information content (AvgIpc) is 3.39. The molecule has 0 aromatic rings. The van der Waals surface area contributed by atoms with Crippen molar-refractivity contribution in [3.8, 4) is 0 Å². The van der Waals surface area contributed by atoms with E-state index in [2.05, 4.69) is 24.8 Å². The zero-order chi connectivity index (χ0) is 17.9. The summed E-state index contributed by atoms with van der Waals surface area (Å²) in [4.78, 5) is 24.7. The fourth-order valence-electron chi connectivity index (χ4n) is 6.52. The van der Waals surface area contributed by atoms with Gasteiger partial charge in [-0.25, -0.2) is 0 Å². The second-order valence-electron chi connectivity index (χ2n) is 9.53. The number of ketones is 2. The number of rotatable bonds is 4. The van der Waals surface area contributed by atoms with E-state index in [0.29, 0.717) is 29.8 Å². The van der Waals surface area contributed by atoms with Gasteiger partial charge in [-0.3, -0.25) is 9.59 Å². The molecule has 0 radical (unpaired) electrons. The summed E-state index contributed by atoms with van der Waals surface area (Å²) in [6.45, 7) is 2.23. The van der Waals surface area contributed by atoms with Crippen molar-refractivity contribution >= 4 is 23.3 Å². The maximum Gasteiger partial charge on any atom is 0.155 e. The molecule has 4 atom stereocenters. The molecule has 26 heavy (non-hydrogen) atoms. The highest BCUT2D eigenvalue weighted by atomic mass is 32.2. The quantitative estimate of drug-likeness (QED) is 0.632. The van der Waals surface area contributed by atoms with Crippen LogP contribution in [0.3, 0.4) is 0 Å². The molecule has 0 spiro atoms. The lowest BCUT2D eigenvalue weighted by atomic mass is 9.50. The Morgan fingerprint density at radius 1 is 1.12 bits per heavy atom. The van der Waals surface area contributed by atoms with E-state index in [9.17, 15) is 9.59 Å². The van der Waals surface area contributed by atoms with E-state index in [0.717, 1.165) is 43.8 Å². The second kappa shape index (κ2) is 6.09. The summed E-state index contributed by atoms with van der Waals surface area (Å²) in [7, 11) is 0. The smallest absolute Gasteiger partial charge is 0.155 e. The molecular formula is C23H30O2S. The van der Waals surface area contributed by atoms with Gasteiger partial charge in [0.2, 0.25) is 0 Å². The van der Waals surface area contributed by atoms with Gasteiger partial charge < -0.3 is 0 Å². The van der Waals surface area contributed by atoms with Gasteiger partial charge in [-0.2, -0.15) is 11.8 Å². The van der Waals surface area contributed by atoms with Gasteiger partial charge in [0.05, 0.1) is 0 Å². The van der Waals surface area contributed by atoms with Crippen molar-refractivity contribution in [1.82, 2.24) is 0 Å². The highest BCUT2D eigenvalue weighted by Crippen LogP contribution is 2.63. The van der Waals surface area contributed by atoms with Crippen LogP contribution in [0.25, 0.3) is 0 Å². The number of carbonyl (C=O) groups excluding carboxylic acids is 2. The minimum Gasteiger partial charge on any atom is -0.299 e. The maximum absolute atomic E-state index is 12.6. The van der Waals surface area contributed by atoms with Gasteiger partial charge in [0, 0.05) is 28.9 Å². The van der Waals surface area contributed by atoms with Gasteiger partial charge >= 0.3 is 0 Å². The molecular weight excluding hydrogens is 340 g/mol. The normalized spacial score (nSPS) is 41.9. The van der Waals surface area contributed by atoms with Crippen LogP contribution in [0.2, 0.25) is 0 Å². The van der Waals surface area contributed by atoms with E-state index in [-0.39, 0.29) is 10.8 Å². The van der Waals surface area contributed by atoms with Crippen LogP contribution in [-0.4, -0.2) is 22.6 Å². The summed E-state index contributed by atoms with van der Waals surface area (Å²) in [5, 5.41) is 0.902. The van der Waals surface area contributed by atoms with Crippen molar-refractivity contribution in [2.45, 2.75) is 76.4 Å². The van der Waals surface area contributed by atoms with E-state index < -0.39 is 0 Å². The number of fused-ring (bicyclic) bond motifs is 5. The Kier molecular flexibility index (Phi) is 4.05. The summed E-state index contributed by atoms with van der Waals surface area (Å²) in [5.74, 6) is 3.18. The first-order valence-corrected chi connectivity index (χ1v) is 11.7. The molecule has 0 aromatic heterocycles. The van der Waals surface area contributed by atoms with Crippen LogP contribution in [0.4, 0.5) is 0 Å². The summed E-state index contributed by atoms with van der Waals surface area (Å²) >= 11 is 2.15. The Morgan fingerprint density at radius 3 is 2.77 bits per heavy atom. The highest BCUT2D eigenvalue weighted by molar-refractivity contribution is 8.00. The van der Waals surface area contributed by atoms with Crippen LogP contribution < -0.4 is 0 Å². The van der Waals surface area contributed by atoms with Gasteiger partial charge in [0.1, 0.15) is 5.78 Å². The fraction of sp³-hybridized carbons (Fsp3) is 0.739. The first-order valence-electron chi connectivity index (χ1n) is 10.6. The number of Topliss-reactive ketones (excluding diaryl/α,β-unsaturated/α-hetero) is 1. The predicted octanol–water partition coefficient (Wildman–Crippen LogP) is 5.27. The van der Waals surface area contributed by atoms with Gasteiger partial charge in [0.25, 0.3) is 0 Å². The molecule has 0 bridgehead atoms. The molecule has 2 nitrogen and oxygen atoms in total. The number of thioether (sulfide) groups is 1. The molecule has 2 unspecified atom stereocenters.